The molecule has 2 spiro atoms. The molecule has 0 bridgehead atoms. The maximum absolute atomic E-state index is 13.8. The number of rotatable bonds is 4. The van der Waals surface area contributed by atoms with Gasteiger partial charge in [-0.1, -0.05) is 18.2 Å². The second kappa shape index (κ2) is 6.61. The SMILES string of the molecule is CC(C)N1CC2(CCN(CCc3ccccc3F)CC2)OC2(CC2)C1=O. The average molecular weight is 360 g/mol. The molecule has 0 aromatic heterocycles. The first kappa shape index (κ1) is 17.9. The van der Waals surface area contributed by atoms with Crippen LogP contribution in [0.4, 0.5) is 4.39 Å². The van der Waals surface area contributed by atoms with Gasteiger partial charge >= 0.3 is 0 Å². The van der Waals surface area contributed by atoms with E-state index < -0.39 is 5.60 Å². The molecule has 1 aromatic carbocycles. The Hall–Kier alpha value is -1.46. The summed E-state index contributed by atoms with van der Waals surface area (Å²) in [5.74, 6) is 0.0819. The molecule has 3 fully saturated rings. The van der Waals surface area contributed by atoms with Crippen LogP contribution >= 0.6 is 0 Å². The molecule has 4 nitrogen and oxygen atoms in total. The molecule has 2 saturated heterocycles. The Balaban J connectivity index is 1.37. The zero-order chi connectivity index (χ0) is 18.4. The van der Waals surface area contributed by atoms with Crippen molar-refractivity contribution in [3.05, 3.63) is 35.6 Å². The highest BCUT2D eigenvalue weighted by atomic mass is 19.1. The first-order valence-corrected chi connectivity index (χ1v) is 9.90. The average Bonchev–Trinajstić information content (AvgIpc) is 3.39. The fraction of sp³-hybridized carbons (Fsp3) is 0.667. The van der Waals surface area contributed by atoms with Crippen LogP contribution in [0, 0.1) is 5.82 Å². The van der Waals surface area contributed by atoms with E-state index in [1.807, 2.05) is 17.0 Å². The Morgan fingerprint density at radius 2 is 1.85 bits per heavy atom. The van der Waals surface area contributed by atoms with Gasteiger partial charge in [0.2, 0.25) is 0 Å². The van der Waals surface area contributed by atoms with Gasteiger partial charge < -0.3 is 14.5 Å². The Kier molecular flexibility index (Phi) is 4.56. The van der Waals surface area contributed by atoms with Crippen molar-refractivity contribution in [2.45, 2.75) is 63.2 Å². The molecule has 3 aliphatic rings. The van der Waals surface area contributed by atoms with Gasteiger partial charge in [0.25, 0.3) is 5.91 Å². The summed E-state index contributed by atoms with van der Waals surface area (Å²) in [6.45, 7) is 7.67. The van der Waals surface area contributed by atoms with Crippen LogP contribution in [0.5, 0.6) is 0 Å². The quantitative estimate of drug-likeness (QED) is 0.828. The number of likely N-dealkylation sites (tertiary alicyclic amines) is 1. The van der Waals surface area contributed by atoms with E-state index in [1.54, 1.807) is 6.07 Å². The summed E-state index contributed by atoms with van der Waals surface area (Å²) in [7, 11) is 0. The van der Waals surface area contributed by atoms with Crippen LogP contribution in [0.25, 0.3) is 0 Å². The fourth-order valence-corrected chi connectivity index (χ4v) is 4.40. The topological polar surface area (TPSA) is 32.8 Å². The van der Waals surface area contributed by atoms with Gasteiger partial charge in [-0.05, 0) is 57.6 Å². The largest absolute Gasteiger partial charge is 0.357 e. The lowest BCUT2D eigenvalue weighted by molar-refractivity contribution is -0.203. The third-order valence-corrected chi connectivity index (χ3v) is 6.27. The number of carbonyl (C=O) groups is 1. The Morgan fingerprint density at radius 3 is 2.46 bits per heavy atom. The van der Waals surface area contributed by atoms with Crippen molar-refractivity contribution in [1.82, 2.24) is 9.80 Å². The molecule has 0 radical (unpaired) electrons. The van der Waals surface area contributed by atoms with Crippen molar-refractivity contribution < 1.29 is 13.9 Å². The van der Waals surface area contributed by atoms with Crippen LogP contribution in [0.1, 0.15) is 45.1 Å². The smallest absolute Gasteiger partial charge is 0.255 e. The Bertz CT molecular complexity index is 678. The molecule has 0 atom stereocenters. The van der Waals surface area contributed by atoms with Gasteiger partial charge in [0.1, 0.15) is 11.4 Å². The predicted molar refractivity (Wildman–Crippen MR) is 98.4 cm³/mol. The number of hydrogen-bond donors (Lipinski definition) is 0. The molecular formula is C21H29FN2O2. The number of ether oxygens (including phenoxy) is 1. The molecule has 1 saturated carbocycles. The Morgan fingerprint density at radius 1 is 1.15 bits per heavy atom. The molecule has 1 amide bonds. The summed E-state index contributed by atoms with van der Waals surface area (Å²) in [6.07, 6.45) is 4.37. The van der Waals surface area contributed by atoms with Gasteiger partial charge in [0, 0.05) is 25.7 Å². The van der Waals surface area contributed by atoms with Crippen LogP contribution < -0.4 is 0 Å². The highest BCUT2D eigenvalue weighted by molar-refractivity contribution is 5.89. The van der Waals surface area contributed by atoms with Crippen molar-refractivity contribution in [2.24, 2.45) is 0 Å². The van der Waals surface area contributed by atoms with Crippen LogP contribution in [-0.2, 0) is 16.0 Å². The summed E-state index contributed by atoms with van der Waals surface area (Å²) in [6, 6.07) is 7.25. The van der Waals surface area contributed by atoms with Crippen molar-refractivity contribution in [1.29, 1.82) is 0 Å². The number of hydrogen-bond acceptors (Lipinski definition) is 3. The standard InChI is InChI=1S/C21H29FN2O2/c1-16(2)24-15-20(26-21(8-9-21)19(24)25)10-13-23(14-11-20)12-7-17-5-3-4-6-18(17)22/h3-6,16H,7-15H2,1-2H3. The van der Waals surface area contributed by atoms with E-state index in [1.165, 1.54) is 6.07 Å². The van der Waals surface area contributed by atoms with Gasteiger partial charge in [0.05, 0.1) is 12.1 Å². The minimum Gasteiger partial charge on any atom is -0.357 e. The molecule has 2 aliphatic heterocycles. The minimum absolute atomic E-state index is 0.113. The number of piperidine rings is 1. The molecule has 1 aliphatic carbocycles. The van der Waals surface area contributed by atoms with E-state index in [0.717, 1.165) is 57.3 Å². The van der Waals surface area contributed by atoms with Gasteiger partial charge in [-0.2, -0.15) is 0 Å². The molecule has 4 rings (SSSR count). The lowest BCUT2D eigenvalue weighted by atomic mass is 9.87. The maximum atomic E-state index is 13.8. The summed E-state index contributed by atoms with van der Waals surface area (Å²) < 4.78 is 20.3. The normalized spacial score (nSPS) is 24.6. The molecule has 142 valence electrons. The number of amides is 1. The van der Waals surface area contributed by atoms with E-state index >= 15 is 0 Å². The zero-order valence-electron chi connectivity index (χ0n) is 15.8. The summed E-state index contributed by atoms with van der Waals surface area (Å²) in [4.78, 5) is 17.1. The van der Waals surface area contributed by atoms with Crippen molar-refractivity contribution in [3.63, 3.8) is 0 Å². The fourth-order valence-electron chi connectivity index (χ4n) is 4.40. The van der Waals surface area contributed by atoms with Crippen molar-refractivity contribution >= 4 is 5.91 Å². The van der Waals surface area contributed by atoms with Crippen LogP contribution in [-0.4, -0.2) is 59.1 Å². The summed E-state index contributed by atoms with van der Waals surface area (Å²) >= 11 is 0. The second-order valence-corrected chi connectivity index (χ2v) is 8.49. The number of nitrogens with zero attached hydrogens (tertiary/aromatic N) is 2. The van der Waals surface area contributed by atoms with Gasteiger partial charge in [-0.25, -0.2) is 4.39 Å². The first-order chi connectivity index (χ1) is 12.4. The number of morpholine rings is 1. The van der Waals surface area contributed by atoms with E-state index in [-0.39, 0.29) is 23.4 Å². The number of benzene rings is 1. The maximum Gasteiger partial charge on any atom is 0.255 e. The van der Waals surface area contributed by atoms with Crippen LogP contribution in [0.15, 0.2) is 24.3 Å². The van der Waals surface area contributed by atoms with Gasteiger partial charge in [0.15, 0.2) is 0 Å². The molecule has 26 heavy (non-hydrogen) atoms. The third kappa shape index (κ3) is 3.27. The number of halogens is 1. The van der Waals surface area contributed by atoms with Crippen LogP contribution in [0.2, 0.25) is 0 Å². The predicted octanol–water partition coefficient (Wildman–Crippen LogP) is 3.00. The third-order valence-electron chi connectivity index (χ3n) is 6.27. The zero-order valence-corrected chi connectivity index (χ0v) is 15.8. The highest BCUT2D eigenvalue weighted by Gasteiger charge is 2.62. The van der Waals surface area contributed by atoms with Gasteiger partial charge in [-0.3, -0.25) is 4.79 Å². The van der Waals surface area contributed by atoms with Crippen LogP contribution in [0.3, 0.4) is 0 Å². The van der Waals surface area contributed by atoms with E-state index in [9.17, 15) is 9.18 Å². The van der Waals surface area contributed by atoms with Crippen molar-refractivity contribution in [2.75, 3.05) is 26.2 Å². The second-order valence-electron chi connectivity index (χ2n) is 8.49. The Labute approximate surface area is 155 Å². The molecule has 0 unspecified atom stereocenters. The van der Waals surface area contributed by atoms with E-state index in [2.05, 4.69) is 18.7 Å². The lowest BCUT2D eigenvalue weighted by Crippen LogP contribution is -2.64. The van der Waals surface area contributed by atoms with Crippen molar-refractivity contribution in [3.8, 4) is 0 Å². The molecule has 5 heteroatoms. The van der Waals surface area contributed by atoms with E-state index in [0.29, 0.717) is 6.54 Å². The van der Waals surface area contributed by atoms with E-state index in [4.69, 9.17) is 4.74 Å². The molecule has 1 aromatic rings. The molecular weight excluding hydrogens is 331 g/mol. The lowest BCUT2D eigenvalue weighted by Gasteiger charge is -2.51. The number of carbonyl (C=O) groups excluding carboxylic acids is 1. The van der Waals surface area contributed by atoms with Gasteiger partial charge in [-0.15, -0.1) is 0 Å². The monoisotopic (exact) mass is 360 g/mol. The first-order valence-electron chi connectivity index (χ1n) is 9.90. The minimum atomic E-state index is -0.516. The molecule has 0 N–H and O–H groups in total. The highest BCUT2D eigenvalue weighted by Crippen LogP contribution is 2.50. The molecule has 2 heterocycles. The summed E-state index contributed by atoms with van der Waals surface area (Å²) in [5, 5.41) is 0. The summed E-state index contributed by atoms with van der Waals surface area (Å²) in [5.41, 5.74) is 0.0799.